The minimum atomic E-state index is -0.929. The lowest BCUT2D eigenvalue weighted by Gasteiger charge is -2.37. The molecule has 3 aromatic rings. The first kappa shape index (κ1) is 20.1. The summed E-state index contributed by atoms with van der Waals surface area (Å²) >= 11 is 0. The molecule has 9 nitrogen and oxygen atoms in total. The summed E-state index contributed by atoms with van der Waals surface area (Å²) < 4.78 is 6.04. The van der Waals surface area contributed by atoms with Gasteiger partial charge in [-0.1, -0.05) is 18.2 Å². The molecule has 164 valence electrons. The van der Waals surface area contributed by atoms with E-state index in [-0.39, 0.29) is 23.3 Å². The summed E-state index contributed by atoms with van der Waals surface area (Å²) in [5, 5.41) is 39.5. The molecule has 1 fully saturated rings. The van der Waals surface area contributed by atoms with E-state index in [0.717, 1.165) is 11.3 Å². The number of azo groups is 1. The molecule has 0 bridgehead atoms. The third-order valence-corrected chi connectivity index (χ3v) is 6.14. The SMILES string of the molecule is CC(c1c(O)ccc2c(O)c(C=C3N=Nc4ccccc43)oc12)N1CCN(C(=O)O)CC1. The van der Waals surface area contributed by atoms with Crippen LogP contribution >= 0.6 is 0 Å². The fourth-order valence-corrected chi connectivity index (χ4v) is 4.33. The van der Waals surface area contributed by atoms with Crippen molar-refractivity contribution in [3.05, 3.63) is 53.3 Å². The topological polar surface area (TPSA) is 122 Å². The number of amides is 1. The quantitative estimate of drug-likeness (QED) is 0.544. The lowest BCUT2D eigenvalue weighted by Crippen LogP contribution is -2.48. The van der Waals surface area contributed by atoms with E-state index in [2.05, 4.69) is 15.1 Å². The fourth-order valence-electron chi connectivity index (χ4n) is 4.33. The average Bonchev–Trinajstić information content (AvgIpc) is 3.34. The summed E-state index contributed by atoms with van der Waals surface area (Å²) in [5.41, 5.74) is 3.13. The highest BCUT2D eigenvalue weighted by atomic mass is 16.4. The van der Waals surface area contributed by atoms with Crippen LogP contribution in [0.2, 0.25) is 0 Å². The molecule has 1 unspecified atom stereocenters. The first-order valence-electron chi connectivity index (χ1n) is 10.4. The summed E-state index contributed by atoms with van der Waals surface area (Å²) in [6.07, 6.45) is 0.712. The van der Waals surface area contributed by atoms with E-state index in [1.54, 1.807) is 18.2 Å². The van der Waals surface area contributed by atoms with E-state index in [0.29, 0.717) is 48.4 Å². The van der Waals surface area contributed by atoms with Crippen molar-refractivity contribution in [2.75, 3.05) is 26.2 Å². The number of nitrogens with zero attached hydrogens (tertiary/aromatic N) is 4. The Bertz CT molecular complexity index is 1270. The number of benzene rings is 2. The number of fused-ring (bicyclic) bond motifs is 2. The number of phenols is 1. The van der Waals surface area contributed by atoms with Crippen molar-refractivity contribution in [2.24, 2.45) is 10.2 Å². The zero-order chi connectivity index (χ0) is 22.4. The standard InChI is InChI=1S/C23H22N4O5/c1-13(26-8-10-27(11-9-26)23(30)31)20-18(28)7-6-15-21(29)19(32-22(15)20)12-17-14-4-2-3-5-16(14)24-25-17/h2-7,12-13,28-29H,8-11H2,1H3,(H,30,31). The number of furan rings is 1. The second kappa shape index (κ2) is 7.69. The molecular formula is C23H22N4O5. The van der Waals surface area contributed by atoms with Gasteiger partial charge in [0.05, 0.1) is 22.3 Å². The maximum Gasteiger partial charge on any atom is 0.407 e. The van der Waals surface area contributed by atoms with Gasteiger partial charge >= 0.3 is 6.09 Å². The van der Waals surface area contributed by atoms with Crippen LogP contribution in [0.4, 0.5) is 10.5 Å². The van der Waals surface area contributed by atoms with Gasteiger partial charge in [0.15, 0.2) is 11.5 Å². The van der Waals surface area contributed by atoms with Crippen LogP contribution in [0.1, 0.15) is 29.9 Å². The molecule has 5 rings (SSSR count). The Labute approximate surface area is 183 Å². The zero-order valence-electron chi connectivity index (χ0n) is 17.4. The van der Waals surface area contributed by atoms with E-state index >= 15 is 0 Å². The molecule has 1 aromatic heterocycles. The molecule has 0 spiro atoms. The molecule has 2 aliphatic rings. The Balaban J connectivity index is 1.52. The molecule has 1 atom stereocenters. The summed E-state index contributed by atoms with van der Waals surface area (Å²) in [6, 6.07) is 10.5. The predicted molar refractivity (Wildman–Crippen MR) is 118 cm³/mol. The summed E-state index contributed by atoms with van der Waals surface area (Å²) in [7, 11) is 0. The number of hydrogen-bond acceptors (Lipinski definition) is 7. The first-order chi connectivity index (χ1) is 15.4. The summed E-state index contributed by atoms with van der Waals surface area (Å²) in [4.78, 5) is 14.7. The van der Waals surface area contributed by atoms with Crippen LogP contribution in [0.25, 0.3) is 22.7 Å². The van der Waals surface area contributed by atoms with Gasteiger partial charge in [-0.05, 0) is 25.1 Å². The van der Waals surface area contributed by atoms with Crippen molar-refractivity contribution in [1.29, 1.82) is 0 Å². The Morgan fingerprint density at radius 3 is 2.59 bits per heavy atom. The van der Waals surface area contributed by atoms with Crippen molar-refractivity contribution in [2.45, 2.75) is 13.0 Å². The summed E-state index contributed by atoms with van der Waals surface area (Å²) in [5.74, 6) is 0.265. The third-order valence-electron chi connectivity index (χ3n) is 6.14. The number of carbonyl (C=O) groups is 1. The highest BCUT2D eigenvalue weighted by molar-refractivity contribution is 5.95. The second-order valence-corrected chi connectivity index (χ2v) is 7.92. The third kappa shape index (κ3) is 3.27. The molecule has 0 radical (unpaired) electrons. The molecule has 2 aliphatic heterocycles. The maximum absolute atomic E-state index is 11.2. The normalized spacial score (nSPS) is 18.4. The summed E-state index contributed by atoms with van der Waals surface area (Å²) in [6.45, 7) is 3.78. The lowest BCUT2D eigenvalue weighted by atomic mass is 10.0. The number of phenolic OH excluding ortho intramolecular Hbond substituents is 1. The van der Waals surface area contributed by atoms with E-state index in [1.807, 2.05) is 31.2 Å². The van der Waals surface area contributed by atoms with Gasteiger partial charge in [-0.2, -0.15) is 0 Å². The molecule has 1 saturated heterocycles. The maximum atomic E-state index is 11.2. The van der Waals surface area contributed by atoms with Gasteiger partial charge in [0.2, 0.25) is 0 Å². The van der Waals surface area contributed by atoms with E-state index in [4.69, 9.17) is 4.42 Å². The number of aromatic hydroxyl groups is 2. The Kier molecular flexibility index (Phi) is 4.82. The van der Waals surface area contributed by atoms with Gasteiger partial charge < -0.3 is 24.6 Å². The second-order valence-electron chi connectivity index (χ2n) is 7.92. The minimum absolute atomic E-state index is 0.0313. The van der Waals surface area contributed by atoms with E-state index in [9.17, 15) is 20.1 Å². The number of carboxylic acid groups (broad SMARTS) is 1. The average molecular weight is 434 g/mol. The highest BCUT2D eigenvalue weighted by Gasteiger charge is 2.29. The molecule has 3 heterocycles. The van der Waals surface area contributed by atoms with Crippen LogP contribution in [0.15, 0.2) is 51.0 Å². The minimum Gasteiger partial charge on any atom is -0.507 e. The zero-order valence-corrected chi connectivity index (χ0v) is 17.4. The molecule has 0 aliphatic carbocycles. The molecule has 1 amide bonds. The molecule has 3 N–H and O–H groups in total. The van der Waals surface area contributed by atoms with Crippen LogP contribution in [0.3, 0.4) is 0 Å². The van der Waals surface area contributed by atoms with Crippen LogP contribution in [0, 0.1) is 0 Å². The Morgan fingerprint density at radius 2 is 1.84 bits per heavy atom. The Hall–Kier alpha value is -3.85. The molecule has 2 aromatic carbocycles. The van der Waals surface area contributed by atoms with Crippen LogP contribution in [-0.4, -0.2) is 57.4 Å². The predicted octanol–water partition coefficient (Wildman–Crippen LogP) is 4.80. The monoisotopic (exact) mass is 434 g/mol. The number of piperazine rings is 1. The molecular weight excluding hydrogens is 412 g/mol. The van der Waals surface area contributed by atoms with Crippen LogP contribution in [0.5, 0.6) is 11.5 Å². The highest BCUT2D eigenvalue weighted by Crippen LogP contribution is 2.44. The number of rotatable bonds is 3. The van der Waals surface area contributed by atoms with Gasteiger partial charge in [-0.15, -0.1) is 10.2 Å². The smallest absolute Gasteiger partial charge is 0.407 e. The van der Waals surface area contributed by atoms with Crippen molar-refractivity contribution < 1.29 is 24.5 Å². The molecule has 9 heteroatoms. The molecule has 0 saturated carbocycles. The van der Waals surface area contributed by atoms with Crippen LogP contribution in [-0.2, 0) is 0 Å². The molecule has 32 heavy (non-hydrogen) atoms. The fraction of sp³-hybridized carbons (Fsp3) is 0.261. The van der Waals surface area contributed by atoms with Gasteiger partial charge in [-0.25, -0.2) is 4.79 Å². The van der Waals surface area contributed by atoms with Crippen molar-refractivity contribution >= 4 is 34.5 Å². The Morgan fingerprint density at radius 1 is 1.09 bits per heavy atom. The van der Waals surface area contributed by atoms with Crippen molar-refractivity contribution in [3.8, 4) is 11.5 Å². The van der Waals surface area contributed by atoms with Gasteiger partial charge in [0.1, 0.15) is 11.3 Å². The number of hydrogen-bond donors (Lipinski definition) is 3. The van der Waals surface area contributed by atoms with Gasteiger partial charge in [0, 0.05) is 43.9 Å². The van der Waals surface area contributed by atoms with E-state index < -0.39 is 6.09 Å². The van der Waals surface area contributed by atoms with Gasteiger partial charge in [-0.3, -0.25) is 4.90 Å². The van der Waals surface area contributed by atoms with Crippen LogP contribution < -0.4 is 0 Å². The lowest BCUT2D eigenvalue weighted by molar-refractivity contribution is 0.0883. The van der Waals surface area contributed by atoms with E-state index in [1.165, 1.54) is 4.90 Å². The van der Waals surface area contributed by atoms with Gasteiger partial charge in [0.25, 0.3) is 0 Å². The van der Waals surface area contributed by atoms with Crippen molar-refractivity contribution in [1.82, 2.24) is 9.80 Å². The van der Waals surface area contributed by atoms with Crippen molar-refractivity contribution in [3.63, 3.8) is 0 Å². The first-order valence-corrected chi connectivity index (χ1v) is 10.4. The largest absolute Gasteiger partial charge is 0.507 e.